The van der Waals surface area contributed by atoms with Gasteiger partial charge in [-0.25, -0.2) is 0 Å². The minimum atomic E-state index is -0.00100. The summed E-state index contributed by atoms with van der Waals surface area (Å²) in [6, 6.07) is 0. The van der Waals surface area contributed by atoms with Crippen molar-refractivity contribution < 1.29 is 9.15 Å². The summed E-state index contributed by atoms with van der Waals surface area (Å²) in [7, 11) is 1.63. The Hall–Kier alpha value is -0.940. The average molecular weight is 209 g/mol. The van der Waals surface area contributed by atoms with Crippen molar-refractivity contribution >= 4 is 0 Å². The van der Waals surface area contributed by atoms with E-state index in [2.05, 4.69) is 15.5 Å². The Morgan fingerprint density at radius 2 is 2.47 bits per heavy atom. The molecule has 1 saturated carbocycles. The first-order valence-corrected chi connectivity index (χ1v) is 5.42. The molecule has 82 valence electrons. The van der Waals surface area contributed by atoms with Crippen molar-refractivity contribution in [2.45, 2.75) is 31.4 Å². The molecule has 2 fully saturated rings. The molecular weight excluding hydrogens is 194 g/mol. The van der Waals surface area contributed by atoms with Crippen molar-refractivity contribution in [1.29, 1.82) is 0 Å². The second-order valence-electron chi connectivity index (χ2n) is 4.36. The molecule has 0 amide bonds. The number of aromatic nitrogens is 2. The van der Waals surface area contributed by atoms with Crippen LogP contribution in [0.3, 0.4) is 0 Å². The molecule has 1 aliphatic carbocycles. The summed E-state index contributed by atoms with van der Waals surface area (Å²) in [5.41, 5.74) is -0.00100. The standard InChI is InChI=1S/C10H15N3O2/c1-14-6-8-12-13-9(15-8)10-4-2-7(10)3-5-11-10/h7,11H,2-6H2,1H3/t7-,10-/m0/s1. The quantitative estimate of drug-likeness (QED) is 0.798. The summed E-state index contributed by atoms with van der Waals surface area (Å²) < 4.78 is 10.6. The number of nitrogens with one attached hydrogen (secondary N) is 1. The zero-order chi connectivity index (χ0) is 10.3. The van der Waals surface area contributed by atoms with Gasteiger partial charge in [0.1, 0.15) is 12.1 Å². The summed E-state index contributed by atoms with van der Waals surface area (Å²) in [5.74, 6) is 2.01. The predicted octanol–water partition coefficient (Wildman–Crippen LogP) is 0.815. The predicted molar refractivity (Wildman–Crippen MR) is 52.0 cm³/mol. The Morgan fingerprint density at radius 1 is 1.53 bits per heavy atom. The van der Waals surface area contributed by atoms with E-state index in [1.165, 1.54) is 12.8 Å². The largest absolute Gasteiger partial charge is 0.421 e. The summed E-state index contributed by atoms with van der Waals surface area (Å²) in [6.45, 7) is 1.46. The minimum absolute atomic E-state index is 0.00100. The van der Waals surface area contributed by atoms with Crippen LogP contribution in [-0.2, 0) is 16.9 Å². The number of hydrogen-bond acceptors (Lipinski definition) is 5. The molecule has 3 rings (SSSR count). The third-order valence-electron chi connectivity index (χ3n) is 3.63. The Kier molecular flexibility index (Phi) is 2.03. The normalized spacial score (nSPS) is 33.8. The zero-order valence-electron chi connectivity index (χ0n) is 8.82. The third-order valence-corrected chi connectivity index (χ3v) is 3.63. The molecule has 5 nitrogen and oxygen atoms in total. The van der Waals surface area contributed by atoms with E-state index in [4.69, 9.17) is 9.15 Å². The van der Waals surface area contributed by atoms with Gasteiger partial charge in [-0.3, -0.25) is 0 Å². The van der Waals surface area contributed by atoms with Crippen molar-refractivity contribution in [3.8, 4) is 0 Å². The van der Waals surface area contributed by atoms with E-state index >= 15 is 0 Å². The van der Waals surface area contributed by atoms with Crippen molar-refractivity contribution in [2.75, 3.05) is 13.7 Å². The Morgan fingerprint density at radius 3 is 3.13 bits per heavy atom. The molecule has 0 bridgehead atoms. The number of nitrogens with zero attached hydrogens (tertiary/aromatic N) is 2. The monoisotopic (exact) mass is 209 g/mol. The smallest absolute Gasteiger partial charge is 0.242 e. The Labute approximate surface area is 88.2 Å². The van der Waals surface area contributed by atoms with Crippen LogP contribution in [0.15, 0.2) is 4.42 Å². The molecule has 15 heavy (non-hydrogen) atoms. The van der Waals surface area contributed by atoms with Crippen LogP contribution in [0.1, 0.15) is 31.0 Å². The third kappa shape index (κ3) is 1.23. The second kappa shape index (κ2) is 3.28. The SMILES string of the molecule is COCc1nnc([C@]23CC[C@H]2CCN3)o1. The summed E-state index contributed by atoms with van der Waals surface area (Å²) in [6.07, 6.45) is 3.61. The van der Waals surface area contributed by atoms with Gasteiger partial charge in [-0.15, -0.1) is 10.2 Å². The first-order chi connectivity index (χ1) is 7.35. The van der Waals surface area contributed by atoms with Gasteiger partial charge in [-0.1, -0.05) is 0 Å². The molecule has 1 N–H and O–H groups in total. The summed E-state index contributed by atoms with van der Waals surface area (Å²) in [5, 5.41) is 11.6. The number of methoxy groups -OCH3 is 1. The van der Waals surface area contributed by atoms with Crippen molar-refractivity contribution in [3.05, 3.63) is 11.8 Å². The van der Waals surface area contributed by atoms with Crippen molar-refractivity contribution in [2.24, 2.45) is 5.92 Å². The number of rotatable bonds is 3. The first kappa shape index (κ1) is 9.30. The van der Waals surface area contributed by atoms with Crippen LogP contribution in [0.25, 0.3) is 0 Å². The average Bonchev–Trinajstić information content (AvgIpc) is 2.75. The topological polar surface area (TPSA) is 60.2 Å². The van der Waals surface area contributed by atoms with Crippen LogP contribution in [-0.4, -0.2) is 23.9 Å². The van der Waals surface area contributed by atoms with Gasteiger partial charge in [0, 0.05) is 7.11 Å². The fourth-order valence-corrected chi connectivity index (χ4v) is 2.70. The fraction of sp³-hybridized carbons (Fsp3) is 0.800. The van der Waals surface area contributed by atoms with Gasteiger partial charge in [-0.2, -0.15) is 0 Å². The van der Waals surface area contributed by atoms with Crippen LogP contribution in [0, 0.1) is 5.92 Å². The number of hydrogen-bond donors (Lipinski definition) is 1. The highest BCUT2D eigenvalue weighted by atomic mass is 16.5. The van der Waals surface area contributed by atoms with Gasteiger partial charge in [0.05, 0.1) is 0 Å². The van der Waals surface area contributed by atoms with Gasteiger partial charge < -0.3 is 14.5 Å². The number of ether oxygens (including phenoxy) is 1. The van der Waals surface area contributed by atoms with E-state index in [0.717, 1.165) is 18.9 Å². The molecule has 2 aliphatic rings. The molecule has 1 aromatic rings. The minimum Gasteiger partial charge on any atom is -0.421 e. The van der Waals surface area contributed by atoms with Crippen LogP contribution in [0.2, 0.25) is 0 Å². The van der Waals surface area contributed by atoms with E-state index in [1.54, 1.807) is 7.11 Å². The van der Waals surface area contributed by atoms with Crippen molar-refractivity contribution in [3.63, 3.8) is 0 Å². The van der Waals surface area contributed by atoms with Crippen molar-refractivity contribution in [1.82, 2.24) is 15.5 Å². The molecule has 0 aromatic carbocycles. The lowest BCUT2D eigenvalue weighted by Crippen LogP contribution is -2.49. The molecule has 2 heterocycles. The Balaban J connectivity index is 1.85. The fourth-order valence-electron chi connectivity index (χ4n) is 2.70. The van der Waals surface area contributed by atoms with Gasteiger partial charge in [0.2, 0.25) is 11.8 Å². The highest BCUT2D eigenvalue weighted by molar-refractivity contribution is 5.15. The zero-order valence-corrected chi connectivity index (χ0v) is 8.82. The van der Waals surface area contributed by atoms with E-state index in [1.807, 2.05) is 0 Å². The maximum Gasteiger partial charge on any atom is 0.242 e. The molecule has 1 aromatic heterocycles. The van der Waals surface area contributed by atoms with E-state index in [-0.39, 0.29) is 5.54 Å². The molecular formula is C10H15N3O2. The highest BCUT2D eigenvalue weighted by Crippen LogP contribution is 2.50. The lowest BCUT2D eigenvalue weighted by molar-refractivity contribution is 0.0920. The first-order valence-electron chi connectivity index (χ1n) is 5.42. The van der Waals surface area contributed by atoms with Crippen LogP contribution in [0.4, 0.5) is 0 Å². The summed E-state index contributed by atoms with van der Waals surface area (Å²) in [4.78, 5) is 0. The lowest BCUT2D eigenvalue weighted by atomic mass is 9.68. The molecule has 0 radical (unpaired) electrons. The van der Waals surface area contributed by atoms with Crippen LogP contribution >= 0.6 is 0 Å². The second-order valence-corrected chi connectivity index (χ2v) is 4.36. The van der Waals surface area contributed by atoms with Crippen LogP contribution < -0.4 is 5.32 Å². The van der Waals surface area contributed by atoms with E-state index < -0.39 is 0 Å². The van der Waals surface area contributed by atoms with E-state index in [0.29, 0.717) is 18.4 Å². The maximum absolute atomic E-state index is 5.62. The lowest BCUT2D eigenvalue weighted by Gasteiger charge is -2.41. The van der Waals surface area contributed by atoms with Gasteiger partial charge in [0.15, 0.2) is 0 Å². The number of fused-ring (bicyclic) bond motifs is 1. The molecule has 0 unspecified atom stereocenters. The van der Waals surface area contributed by atoms with Gasteiger partial charge in [0.25, 0.3) is 0 Å². The molecule has 0 spiro atoms. The molecule has 5 heteroatoms. The molecule has 1 aliphatic heterocycles. The van der Waals surface area contributed by atoms with Gasteiger partial charge >= 0.3 is 0 Å². The molecule has 1 saturated heterocycles. The van der Waals surface area contributed by atoms with E-state index in [9.17, 15) is 0 Å². The summed E-state index contributed by atoms with van der Waals surface area (Å²) >= 11 is 0. The maximum atomic E-state index is 5.62. The highest BCUT2D eigenvalue weighted by Gasteiger charge is 2.54. The van der Waals surface area contributed by atoms with Gasteiger partial charge in [-0.05, 0) is 31.7 Å². The Bertz CT molecular complexity index is 365. The van der Waals surface area contributed by atoms with Crippen LogP contribution in [0.5, 0.6) is 0 Å². The molecule has 2 atom stereocenters.